The first-order valence-electron chi connectivity index (χ1n) is 9.44. The average Bonchev–Trinajstić information content (AvgIpc) is 3.11. The minimum Gasteiger partial charge on any atom is -0.379 e. The minimum atomic E-state index is -0.0767. The Morgan fingerprint density at radius 3 is 2.52 bits per heavy atom. The number of H-pyrrole nitrogens is 1. The number of morpholine rings is 1. The Kier molecular flexibility index (Phi) is 5.09. The monoisotopic (exact) mass is 371 g/mol. The van der Waals surface area contributed by atoms with Crippen LogP contribution in [0.25, 0.3) is 10.9 Å². The zero-order valence-electron chi connectivity index (χ0n) is 15.6. The number of nitrogens with one attached hydrogen (secondary N) is 1. The van der Waals surface area contributed by atoms with E-state index in [0.29, 0.717) is 51.6 Å². The van der Waals surface area contributed by atoms with E-state index in [-0.39, 0.29) is 11.8 Å². The third kappa shape index (κ3) is 3.81. The highest BCUT2D eigenvalue weighted by Crippen LogP contribution is 2.19. The van der Waals surface area contributed by atoms with Gasteiger partial charge in [-0.1, -0.05) is 11.6 Å². The van der Waals surface area contributed by atoms with Gasteiger partial charge in [0.15, 0.2) is 5.69 Å². The highest BCUT2D eigenvalue weighted by molar-refractivity contribution is 6.04. The topological polar surface area (TPSA) is 81.8 Å². The van der Waals surface area contributed by atoms with E-state index in [1.807, 2.05) is 30.0 Å². The summed E-state index contributed by atoms with van der Waals surface area (Å²) in [4.78, 5) is 31.2. The van der Waals surface area contributed by atoms with Crippen molar-refractivity contribution in [2.24, 2.45) is 0 Å². The van der Waals surface area contributed by atoms with Crippen molar-refractivity contribution < 1.29 is 14.3 Å². The zero-order chi connectivity index (χ0) is 18.8. The molecule has 1 N–H and O–H groups in total. The van der Waals surface area contributed by atoms with E-state index in [9.17, 15) is 9.59 Å². The zero-order valence-corrected chi connectivity index (χ0v) is 15.6. The van der Waals surface area contributed by atoms with Crippen molar-refractivity contribution in [1.82, 2.24) is 24.9 Å². The molecular weight excluding hydrogens is 346 g/mol. The fourth-order valence-corrected chi connectivity index (χ4v) is 3.65. The first-order valence-corrected chi connectivity index (χ1v) is 9.44. The van der Waals surface area contributed by atoms with E-state index in [0.717, 1.165) is 29.6 Å². The number of carbonyl (C=O) groups excluding carboxylic acids is 2. The van der Waals surface area contributed by atoms with Gasteiger partial charge in [0.25, 0.3) is 5.91 Å². The molecule has 8 heteroatoms. The average molecular weight is 371 g/mol. The van der Waals surface area contributed by atoms with Gasteiger partial charge < -0.3 is 14.5 Å². The van der Waals surface area contributed by atoms with Crippen molar-refractivity contribution in [2.45, 2.75) is 6.92 Å². The van der Waals surface area contributed by atoms with Crippen LogP contribution < -0.4 is 0 Å². The molecule has 0 saturated carbocycles. The number of nitrogens with zero attached hydrogens (tertiary/aromatic N) is 4. The molecule has 2 aromatic rings. The first-order chi connectivity index (χ1) is 13.1. The highest BCUT2D eigenvalue weighted by atomic mass is 16.5. The van der Waals surface area contributed by atoms with Crippen LogP contribution >= 0.6 is 0 Å². The van der Waals surface area contributed by atoms with Crippen LogP contribution in [0.4, 0.5) is 0 Å². The molecular formula is C19H25N5O3. The molecule has 3 heterocycles. The van der Waals surface area contributed by atoms with Gasteiger partial charge in [-0.2, -0.15) is 5.10 Å². The van der Waals surface area contributed by atoms with Crippen molar-refractivity contribution in [3.05, 3.63) is 29.5 Å². The summed E-state index contributed by atoms with van der Waals surface area (Å²) in [6.07, 6.45) is 0. The lowest BCUT2D eigenvalue weighted by Crippen LogP contribution is -2.53. The lowest BCUT2D eigenvalue weighted by molar-refractivity contribution is -0.134. The number of rotatable bonds is 3. The fourth-order valence-electron chi connectivity index (χ4n) is 3.65. The number of hydrogen-bond acceptors (Lipinski definition) is 5. The van der Waals surface area contributed by atoms with Gasteiger partial charge in [-0.15, -0.1) is 0 Å². The number of hydrogen-bond donors (Lipinski definition) is 1. The largest absolute Gasteiger partial charge is 0.379 e. The molecule has 2 aliphatic heterocycles. The minimum absolute atomic E-state index is 0.0767. The van der Waals surface area contributed by atoms with Gasteiger partial charge in [0.05, 0.1) is 25.3 Å². The number of piperazine rings is 1. The Morgan fingerprint density at radius 1 is 1.07 bits per heavy atom. The van der Waals surface area contributed by atoms with E-state index in [1.165, 1.54) is 0 Å². The summed E-state index contributed by atoms with van der Waals surface area (Å²) < 4.78 is 5.32. The summed E-state index contributed by atoms with van der Waals surface area (Å²) in [6, 6.07) is 5.92. The molecule has 2 amide bonds. The van der Waals surface area contributed by atoms with Gasteiger partial charge >= 0.3 is 0 Å². The number of amides is 2. The molecule has 2 saturated heterocycles. The SMILES string of the molecule is Cc1ccc2[nH]nc(C(=O)N3CCN(C(=O)CN4CCOCC4)CC3)c2c1. The van der Waals surface area contributed by atoms with Crippen molar-refractivity contribution in [1.29, 1.82) is 0 Å². The van der Waals surface area contributed by atoms with E-state index in [1.54, 1.807) is 4.90 Å². The van der Waals surface area contributed by atoms with Gasteiger partial charge in [-0.3, -0.25) is 19.6 Å². The predicted molar refractivity (Wildman–Crippen MR) is 101 cm³/mol. The molecule has 0 bridgehead atoms. The van der Waals surface area contributed by atoms with Crippen LogP contribution in [0, 0.1) is 6.92 Å². The second kappa shape index (κ2) is 7.66. The maximum absolute atomic E-state index is 12.9. The van der Waals surface area contributed by atoms with E-state index < -0.39 is 0 Å². The fraction of sp³-hybridized carbons (Fsp3) is 0.526. The molecule has 4 rings (SSSR count). The first kappa shape index (κ1) is 17.9. The number of carbonyl (C=O) groups is 2. The number of aryl methyl sites for hydroxylation is 1. The summed E-state index contributed by atoms with van der Waals surface area (Å²) in [5.41, 5.74) is 2.42. The van der Waals surface area contributed by atoms with Crippen LogP contribution in [0.5, 0.6) is 0 Å². The molecule has 27 heavy (non-hydrogen) atoms. The number of aromatic nitrogens is 2. The van der Waals surface area contributed by atoms with Crippen LogP contribution in [-0.2, 0) is 9.53 Å². The maximum Gasteiger partial charge on any atom is 0.275 e. The van der Waals surface area contributed by atoms with Crippen LogP contribution in [0.15, 0.2) is 18.2 Å². The molecule has 8 nitrogen and oxygen atoms in total. The Balaban J connectivity index is 1.36. The van der Waals surface area contributed by atoms with Crippen LogP contribution in [-0.4, -0.2) is 95.7 Å². The number of benzene rings is 1. The second-order valence-electron chi connectivity index (χ2n) is 7.18. The van der Waals surface area contributed by atoms with Crippen molar-refractivity contribution >= 4 is 22.7 Å². The third-order valence-corrected chi connectivity index (χ3v) is 5.30. The molecule has 1 aromatic carbocycles. The summed E-state index contributed by atoms with van der Waals surface area (Å²) in [7, 11) is 0. The quantitative estimate of drug-likeness (QED) is 0.849. The molecule has 1 aromatic heterocycles. The van der Waals surface area contributed by atoms with Crippen LogP contribution in [0.2, 0.25) is 0 Å². The molecule has 2 aliphatic rings. The summed E-state index contributed by atoms with van der Waals surface area (Å²) in [5, 5.41) is 8.01. The maximum atomic E-state index is 12.9. The lowest BCUT2D eigenvalue weighted by Gasteiger charge is -2.36. The lowest BCUT2D eigenvalue weighted by atomic mass is 10.1. The molecule has 2 fully saturated rings. The Hall–Kier alpha value is -2.45. The predicted octanol–water partition coefficient (Wildman–Crippen LogP) is 0.488. The van der Waals surface area contributed by atoms with Crippen LogP contribution in [0.3, 0.4) is 0 Å². The van der Waals surface area contributed by atoms with Gasteiger partial charge in [0.1, 0.15) is 0 Å². The molecule has 0 spiro atoms. The number of ether oxygens (including phenoxy) is 1. The Labute approximate surface area is 158 Å². The van der Waals surface area contributed by atoms with E-state index in [4.69, 9.17) is 4.74 Å². The van der Waals surface area contributed by atoms with Crippen LogP contribution in [0.1, 0.15) is 16.1 Å². The normalized spacial score (nSPS) is 18.9. The van der Waals surface area contributed by atoms with Gasteiger partial charge in [-0.05, 0) is 19.1 Å². The molecule has 0 radical (unpaired) electrons. The molecule has 0 unspecified atom stereocenters. The third-order valence-electron chi connectivity index (χ3n) is 5.30. The number of aromatic amines is 1. The summed E-state index contributed by atoms with van der Waals surface area (Å²) >= 11 is 0. The standard InChI is InChI=1S/C19H25N5O3/c1-14-2-3-16-15(12-14)18(21-20-16)19(26)24-6-4-23(5-7-24)17(25)13-22-8-10-27-11-9-22/h2-3,12H,4-11,13H2,1H3,(H,20,21). The van der Waals surface area contributed by atoms with E-state index >= 15 is 0 Å². The smallest absolute Gasteiger partial charge is 0.275 e. The molecule has 0 atom stereocenters. The molecule has 0 aliphatic carbocycles. The summed E-state index contributed by atoms with van der Waals surface area (Å²) in [6.45, 7) is 7.61. The van der Waals surface area contributed by atoms with Gasteiger partial charge in [0.2, 0.25) is 5.91 Å². The van der Waals surface area contributed by atoms with Crippen molar-refractivity contribution in [3.8, 4) is 0 Å². The second-order valence-corrected chi connectivity index (χ2v) is 7.18. The Bertz CT molecular complexity index is 835. The van der Waals surface area contributed by atoms with Gasteiger partial charge in [-0.25, -0.2) is 0 Å². The summed E-state index contributed by atoms with van der Waals surface area (Å²) in [5.74, 6) is 0.0528. The van der Waals surface area contributed by atoms with Crippen molar-refractivity contribution in [2.75, 3.05) is 59.0 Å². The molecule has 144 valence electrons. The van der Waals surface area contributed by atoms with Gasteiger partial charge in [0, 0.05) is 44.7 Å². The van der Waals surface area contributed by atoms with Crippen molar-refractivity contribution in [3.63, 3.8) is 0 Å². The highest BCUT2D eigenvalue weighted by Gasteiger charge is 2.28. The Morgan fingerprint density at radius 2 is 1.78 bits per heavy atom. The number of fused-ring (bicyclic) bond motifs is 1. The van der Waals surface area contributed by atoms with E-state index in [2.05, 4.69) is 15.1 Å².